The lowest BCUT2D eigenvalue weighted by Gasteiger charge is -2.36. The highest BCUT2D eigenvalue weighted by molar-refractivity contribution is 5.92. The third-order valence-corrected chi connectivity index (χ3v) is 5.66. The van der Waals surface area contributed by atoms with Crippen LogP contribution >= 0.6 is 0 Å². The Bertz CT molecular complexity index is 1150. The number of halogens is 2. The topological polar surface area (TPSA) is 44.8 Å². The Labute approximate surface area is 202 Å². The lowest BCUT2D eigenvalue weighted by atomic mass is 9.80. The van der Waals surface area contributed by atoms with Crippen molar-refractivity contribution in [3.63, 3.8) is 0 Å². The first-order chi connectivity index (χ1) is 17.0. The van der Waals surface area contributed by atoms with Crippen LogP contribution in [0.15, 0.2) is 109 Å². The summed E-state index contributed by atoms with van der Waals surface area (Å²) in [6.07, 6.45) is 0. The molecule has 0 spiro atoms. The van der Waals surface area contributed by atoms with Gasteiger partial charge in [-0.25, -0.2) is 4.79 Å². The predicted molar refractivity (Wildman–Crippen MR) is 128 cm³/mol. The molecule has 0 fully saturated rings. The van der Waals surface area contributed by atoms with Crippen LogP contribution in [0.5, 0.6) is 5.75 Å². The molecule has 0 aliphatic carbocycles. The van der Waals surface area contributed by atoms with Crippen molar-refractivity contribution in [2.45, 2.75) is 18.8 Å². The fraction of sp³-hybridized carbons (Fsp3) is 0.138. The van der Waals surface area contributed by atoms with Gasteiger partial charge in [-0.15, -0.1) is 0 Å². The third-order valence-electron chi connectivity index (χ3n) is 5.66. The maximum Gasteiger partial charge on any atom is 0.387 e. The van der Waals surface area contributed by atoms with Crippen LogP contribution in [0.2, 0.25) is 0 Å². The van der Waals surface area contributed by atoms with Gasteiger partial charge in [-0.3, -0.25) is 0 Å². The Balaban J connectivity index is 1.80. The molecule has 0 N–H and O–H groups in total. The van der Waals surface area contributed by atoms with E-state index in [9.17, 15) is 13.6 Å². The van der Waals surface area contributed by atoms with Gasteiger partial charge in [0.2, 0.25) is 0 Å². The number of methoxy groups -OCH3 is 1. The number of alkyl halides is 2. The highest BCUT2D eigenvalue weighted by Gasteiger charge is 2.37. The number of esters is 1. The fourth-order valence-corrected chi connectivity index (χ4v) is 4.10. The summed E-state index contributed by atoms with van der Waals surface area (Å²) in [7, 11) is 1.18. The van der Waals surface area contributed by atoms with Gasteiger partial charge < -0.3 is 14.2 Å². The van der Waals surface area contributed by atoms with Crippen LogP contribution in [-0.2, 0) is 21.7 Å². The van der Waals surface area contributed by atoms with Crippen LogP contribution in [0.25, 0.3) is 0 Å². The number of carbonyl (C=O) groups is 1. The summed E-state index contributed by atoms with van der Waals surface area (Å²) < 4.78 is 41.7. The fourth-order valence-electron chi connectivity index (χ4n) is 4.10. The Morgan fingerprint density at radius 3 is 1.69 bits per heavy atom. The average Bonchev–Trinajstić information content (AvgIpc) is 2.91. The van der Waals surface area contributed by atoms with E-state index in [-0.39, 0.29) is 17.9 Å². The zero-order valence-corrected chi connectivity index (χ0v) is 19.1. The van der Waals surface area contributed by atoms with Crippen molar-refractivity contribution >= 4 is 5.97 Å². The minimum atomic E-state index is -3.07. The lowest BCUT2D eigenvalue weighted by molar-refractivity contribution is -0.0504. The minimum Gasteiger partial charge on any atom is -0.465 e. The van der Waals surface area contributed by atoms with Crippen molar-refractivity contribution in [2.24, 2.45) is 0 Å². The summed E-state index contributed by atoms with van der Waals surface area (Å²) in [6, 6.07) is 33.9. The molecular formula is C29H24F2O4. The van der Waals surface area contributed by atoms with Crippen LogP contribution < -0.4 is 4.74 Å². The highest BCUT2D eigenvalue weighted by Crippen LogP contribution is 2.41. The first-order valence-electron chi connectivity index (χ1n) is 11.0. The summed E-state index contributed by atoms with van der Waals surface area (Å²) in [6.45, 7) is -2.99. The van der Waals surface area contributed by atoms with E-state index < -0.39 is 18.2 Å². The van der Waals surface area contributed by atoms with Gasteiger partial charge in [0.05, 0.1) is 13.7 Å². The second-order valence-corrected chi connectivity index (χ2v) is 7.77. The molecule has 0 amide bonds. The smallest absolute Gasteiger partial charge is 0.387 e. The van der Waals surface area contributed by atoms with Gasteiger partial charge in [0, 0.05) is 0 Å². The molecule has 178 valence electrons. The zero-order valence-electron chi connectivity index (χ0n) is 19.1. The van der Waals surface area contributed by atoms with Gasteiger partial charge >= 0.3 is 12.6 Å². The second kappa shape index (κ2) is 10.9. The number of hydrogen-bond donors (Lipinski definition) is 0. The molecule has 4 aromatic rings. The summed E-state index contributed by atoms with van der Waals surface area (Å²) in [5, 5.41) is 0. The molecule has 0 bridgehead atoms. The monoisotopic (exact) mass is 474 g/mol. The van der Waals surface area contributed by atoms with E-state index in [2.05, 4.69) is 4.74 Å². The number of benzene rings is 4. The number of hydrogen-bond acceptors (Lipinski definition) is 4. The molecular weight excluding hydrogens is 450 g/mol. The quantitative estimate of drug-likeness (QED) is 0.203. The molecule has 0 saturated carbocycles. The largest absolute Gasteiger partial charge is 0.465 e. The lowest BCUT2D eigenvalue weighted by Crippen LogP contribution is -2.32. The number of ether oxygens (including phenoxy) is 3. The standard InChI is InChI=1S/C29H24F2O4/c1-33-27(32)25-19-21(17-18-26(25)35-28(30)31)20-34-29(22-11-5-2-6-12-22,23-13-7-3-8-14-23)24-15-9-4-10-16-24/h2-19,28H,20H2,1H3. The van der Waals surface area contributed by atoms with Crippen LogP contribution in [0.3, 0.4) is 0 Å². The molecule has 0 aliphatic heterocycles. The van der Waals surface area contributed by atoms with E-state index in [0.29, 0.717) is 5.56 Å². The highest BCUT2D eigenvalue weighted by atomic mass is 19.3. The minimum absolute atomic E-state index is 0.0810. The van der Waals surface area contributed by atoms with Crippen molar-refractivity contribution in [2.75, 3.05) is 7.11 Å². The van der Waals surface area contributed by atoms with E-state index in [1.165, 1.54) is 19.2 Å². The molecule has 6 heteroatoms. The van der Waals surface area contributed by atoms with Crippen molar-refractivity contribution in [1.29, 1.82) is 0 Å². The van der Waals surface area contributed by atoms with Crippen molar-refractivity contribution in [3.8, 4) is 5.75 Å². The van der Waals surface area contributed by atoms with E-state index in [4.69, 9.17) is 9.47 Å². The Morgan fingerprint density at radius 2 is 1.26 bits per heavy atom. The summed E-state index contributed by atoms with van der Waals surface area (Å²) in [5.41, 5.74) is 2.29. The molecule has 0 aromatic heterocycles. The zero-order chi connectivity index (χ0) is 24.7. The maximum atomic E-state index is 12.8. The summed E-state index contributed by atoms with van der Waals surface area (Å²) in [5.74, 6) is -1.03. The Kier molecular flexibility index (Phi) is 7.53. The van der Waals surface area contributed by atoms with Crippen molar-refractivity contribution < 1.29 is 27.8 Å². The van der Waals surface area contributed by atoms with E-state index in [1.54, 1.807) is 6.07 Å². The molecule has 0 aliphatic rings. The molecule has 35 heavy (non-hydrogen) atoms. The van der Waals surface area contributed by atoms with Crippen LogP contribution in [0.1, 0.15) is 32.6 Å². The molecule has 4 aromatic carbocycles. The second-order valence-electron chi connectivity index (χ2n) is 7.77. The van der Waals surface area contributed by atoms with Gasteiger partial charge in [-0.1, -0.05) is 97.1 Å². The SMILES string of the molecule is COC(=O)c1cc(COC(c2ccccc2)(c2ccccc2)c2ccccc2)ccc1OC(F)F. The molecule has 0 heterocycles. The molecule has 0 unspecified atom stereocenters. The van der Waals surface area contributed by atoms with E-state index in [1.807, 2.05) is 91.0 Å². The van der Waals surface area contributed by atoms with Gasteiger partial charge in [0.25, 0.3) is 0 Å². The predicted octanol–water partition coefficient (Wildman–Crippen LogP) is 6.58. The Hall–Kier alpha value is -4.03. The van der Waals surface area contributed by atoms with Crippen LogP contribution in [-0.4, -0.2) is 19.7 Å². The van der Waals surface area contributed by atoms with E-state index >= 15 is 0 Å². The molecule has 0 atom stereocenters. The summed E-state index contributed by atoms with van der Waals surface area (Å²) in [4.78, 5) is 12.2. The van der Waals surface area contributed by atoms with Crippen LogP contribution in [0, 0.1) is 0 Å². The first-order valence-corrected chi connectivity index (χ1v) is 11.0. The van der Waals surface area contributed by atoms with Crippen molar-refractivity contribution in [1.82, 2.24) is 0 Å². The normalized spacial score (nSPS) is 11.3. The van der Waals surface area contributed by atoms with Gasteiger partial charge in [-0.2, -0.15) is 8.78 Å². The van der Waals surface area contributed by atoms with Crippen LogP contribution in [0.4, 0.5) is 8.78 Å². The summed E-state index contributed by atoms with van der Waals surface area (Å²) >= 11 is 0. The number of rotatable bonds is 9. The maximum absolute atomic E-state index is 12.8. The first kappa shape index (κ1) is 24.1. The molecule has 0 saturated heterocycles. The van der Waals surface area contributed by atoms with Gasteiger partial charge in [0.15, 0.2) is 0 Å². The van der Waals surface area contributed by atoms with Gasteiger partial charge in [0.1, 0.15) is 16.9 Å². The van der Waals surface area contributed by atoms with Gasteiger partial charge in [-0.05, 0) is 34.4 Å². The third kappa shape index (κ3) is 5.23. The Morgan fingerprint density at radius 1 is 0.771 bits per heavy atom. The van der Waals surface area contributed by atoms with Crippen molar-refractivity contribution in [3.05, 3.63) is 137 Å². The molecule has 4 rings (SSSR count). The number of carbonyl (C=O) groups excluding carboxylic acids is 1. The average molecular weight is 475 g/mol. The molecule has 4 nitrogen and oxygen atoms in total. The van der Waals surface area contributed by atoms with E-state index in [0.717, 1.165) is 16.7 Å². The molecule has 0 radical (unpaired) electrons.